The first-order chi connectivity index (χ1) is 15.3. The van der Waals surface area contributed by atoms with Crippen LogP contribution in [0.2, 0.25) is 0 Å². The van der Waals surface area contributed by atoms with Gasteiger partial charge in [-0.05, 0) is 6.42 Å². The van der Waals surface area contributed by atoms with Gasteiger partial charge in [-0.3, -0.25) is 9.59 Å². The van der Waals surface area contributed by atoms with Crippen LogP contribution < -0.4 is 9.47 Å². The monoisotopic (exact) mass is 492 g/mol. The van der Waals surface area contributed by atoms with Crippen molar-refractivity contribution in [3.05, 3.63) is 58.2 Å². The van der Waals surface area contributed by atoms with Gasteiger partial charge >= 0.3 is 11.9 Å². The van der Waals surface area contributed by atoms with E-state index in [1.54, 1.807) is 0 Å². The van der Waals surface area contributed by atoms with Crippen LogP contribution in [0.1, 0.15) is 26.2 Å². The Morgan fingerprint density at radius 1 is 0.576 bits per heavy atom. The lowest BCUT2D eigenvalue weighted by atomic mass is 10.0. The Labute approximate surface area is 177 Å². The maximum atomic E-state index is 13.7. The molecule has 0 saturated carbocycles. The van der Waals surface area contributed by atoms with Crippen LogP contribution in [-0.4, -0.2) is 11.9 Å². The summed E-state index contributed by atoms with van der Waals surface area (Å²) in [5, 5.41) is 0. The number of rotatable bonds is 7. The third kappa shape index (κ3) is 4.88. The molecule has 0 heterocycles. The Morgan fingerprint density at radius 3 is 1.12 bits per heavy atom. The highest BCUT2D eigenvalue weighted by atomic mass is 19.2. The lowest BCUT2D eigenvalue weighted by Gasteiger charge is -2.16. The molecular weight excluding hydrogens is 482 g/mol. The minimum Gasteiger partial charge on any atom is -0.419 e. The smallest absolute Gasteiger partial charge is 0.325 e. The van der Waals surface area contributed by atoms with E-state index in [4.69, 9.17) is 0 Å². The molecule has 0 saturated heterocycles. The first-order valence-electron chi connectivity index (χ1n) is 8.81. The first-order valence-corrected chi connectivity index (χ1v) is 8.81. The standard InChI is InChI=1S/C19H10F10O4/c1-2-3-4-5(18(30)32-16-12(26)8(22)6(20)9(23)13(16)27)19(31)33-17-14(28)10(24)7(21)11(25)15(17)29/h5H,2-4H2,1H3. The van der Waals surface area contributed by atoms with Crippen LogP contribution in [0.15, 0.2) is 0 Å². The molecular formula is C19H10F10O4. The second kappa shape index (κ2) is 10.1. The molecule has 2 rings (SSSR count). The quantitative estimate of drug-likeness (QED) is 0.130. The van der Waals surface area contributed by atoms with E-state index in [2.05, 4.69) is 9.47 Å². The number of halogens is 10. The number of carbonyl (C=O) groups is 2. The fourth-order valence-electron chi connectivity index (χ4n) is 2.43. The van der Waals surface area contributed by atoms with Crippen LogP contribution in [0.25, 0.3) is 0 Å². The van der Waals surface area contributed by atoms with Crippen molar-refractivity contribution in [2.24, 2.45) is 5.92 Å². The van der Waals surface area contributed by atoms with Gasteiger partial charge in [0.25, 0.3) is 0 Å². The Bertz CT molecular complexity index is 977. The number of esters is 2. The van der Waals surface area contributed by atoms with Crippen molar-refractivity contribution < 1.29 is 63.0 Å². The summed E-state index contributed by atoms with van der Waals surface area (Å²) in [7, 11) is 0. The average molecular weight is 492 g/mol. The fourth-order valence-corrected chi connectivity index (χ4v) is 2.43. The zero-order chi connectivity index (χ0) is 25.2. The molecule has 33 heavy (non-hydrogen) atoms. The molecule has 0 aliphatic rings. The summed E-state index contributed by atoms with van der Waals surface area (Å²) in [4.78, 5) is 24.5. The van der Waals surface area contributed by atoms with Gasteiger partial charge in [0.15, 0.2) is 5.92 Å². The van der Waals surface area contributed by atoms with Crippen LogP contribution in [0.4, 0.5) is 43.9 Å². The van der Waals surface area contributed by atoms with Gasteiger partial charge < -0.3 is 9.47 Å². The average Bonchev–Trinajstić information content (AvgIpc) is 2.79. The predicted octanol–water partition coefficient (Wildman–Crippen LogP) is 5.40. The van der Waals surface area contributed by atoms with Gasteiger partial charge in [0, 0.05) is 0 Å². The van der Waals surface area contributed by atoms with Crippen molar-refractivity contribution in [2.45, 2.75) is 26.2 Å². The molecule has 0 aromatic heterocycles. The molecule has 4 nitrogen and oxygen atoms in total. The molecule has 14 heteroatoms. The van der Waals surface area contributed by atoms with Gasteiger partial charge in [-0.1, -0.05) is 19.8 Å². The van der Waals surface area contributed by atoms with Crippen molar-refractivity contribution in [2.75, 3.05) is 0 Å². The molecule has 2 aromatic rings. The Hall–Kier alpha value is -3.32. The van der Waals surface area contributed by atoms with E-state index in [0.29, 0.717) is 0 Å². The Balaban J connectivity index is 2.42. The summed E-state index contributed by atoms with van der Waals surface area (Å²) in [6.45, 7) is 1.52. The van der Waals surface area contributed by atoms with Crippen molar-refractivity contribution in [1.82, 2.24) is 0 Å². The van der Waals surface area contributed by atoms with Crippen LogP contribution in [0.3, 0.4) is 0 Å². The molecule has 0 aliphatic carbocycles. The second-order valence-electron chi connectivity index (χ2n) is 6.34. The number of hydrogen-bond acceptors (Lipinski definition) is 4. The van der Waals surface area contributed by atoms with E-state index in [1.165, 1.54) is 6.92 Å². The van der Waals surface area contributed by atoms with Gasteiger partial charge in [0.05, 0.1) is 0 Å². The largest absolute Gasteiger partial charge is 0.419 e. The number of hydrogen-bond donors (Lipinski definition) is 0. The summed E-state index contributed by atoms with van der Waals surface area (Å²) < 4.78 is 142. The predicted molar refractivity (Wildman–Crippen MR) is 86.7 cm³/mol. The third-order valence-electron chi connectivity index (χ3n) is 4.16. The molecule has 0 atom stereocenters. The minimum absolute atomic E-state index is 0.0525. The maximum Gasteiger partial charge on any atom is 0.325 e. The third-order valence-corrected chi connectivity index (χ3v) is 4.16. The Kier molecular flexibility index (Phi) is 7.93. The zero-order valence-corrected chi connectivity index (χ0v) is 16.1. The van der Waals surface area contributed by atoms with Crippen molar-refractivity contribution >= 4 is 11.9 Å². The lowest BCUT2D eigenvalue weighted by Crippen LogP contribution is -2.33. The highest BCUT2D eigenvalue weighted by Crippen LogP contribution is 2.32. The summed E-state index contributed by atoms with van der Waals surface area (Å²) in [5.74, 6) is -35.8. The topological polar surface area (TPSA) is 52.6 Å². The molecule has 0 N–H and O–H groups in total. The minimum atomic E-state index is -2.57. The van der Waals surface area contributed by atoms with E-state index in [0.717, 1.165) is 0 Å². The molecule has 2 aromatic carbocycles. The molecule has 180 valence electrons. The number of ether oxygens (including phenoxy) is 2. The molecule has 0 amide bonds. The zero-order valence-electron chi connectivity index (χ0n) is 16.1. The fraction of sp³-hybridized carbons (Fsp3) is 0.263. The SMILES string of the molecule is CCCCC(C(=O)Oc1c(F)c(F)c(F)c(F)c1F)C(=O)Oc1c(F)c(F)c(F)c(F)c1F. The highest BCUT2D eigenvalue weighted by molar-refractivity contribution is 5.96. The molecule has 0 fully saturated rings. The highest BCUT2D eigenvalue weighted by Gasteiger charge is 2.36. The van der Waals surface area contributed by atoms with Gasteiger partial charge in [-0.25, -0.2) is 26.3 Å². The normalized spacial score (nSPS) is 11.2. The van der Waals surface area contributed by atoms with Crippen molar-refractivity contribution in [3.63, 3.8) is 0 Å². The lowest BCUT2D eigenvalue weighted by molar-refractivity contribution is -0.152. The number of carbonyl (C=O) groups excluding carboxylic acids is 2. The van der Waals surface area contributed by atoms with Gasteiger partial charge in [-0.15, -0.1) is 0 Å². The summed E-state index contributed by atoms with van der Waals surface area (Å²) in [6, 6.07) is 0. The van der Waals surface area contributed by atoms with E-state index in [1.807, 2.05) is 0 Å². The summed E-state index contributed by atoms with van der Waals surface area (Å²) >= 11 is 0. The van der Waals surface area contributed by atoms with Crippen molar-refractivity contribution in [1.29, 1.82) is 0 Å². The van der Waals surface area contributed by atoms with Crippen LogP contribution >= 0.6 is 0 Å². The molecule has 0 unspecified atom stereocenters. The van der Waals surface area contributed by atoms with Crippen LogP contribution in [0, 0.1) is 64.1 Å². The molecule has 0 radical (unpaired) electrons. The van der Waals surface area contributed by atoms with Crippen molar-refractivity contribution in [3.8, 4) is 11.5 Å². The number of benzene rings is 2. The van der Waals surface area contributed by atoms with E-state index in [-0.39, 0.29) is 12.8 Å². The van der Waals surface area contributed by atoms with E-state index < -0.39 is 93.9 Å². The molecule has 0 aliphatic heterocycles. The van der Waals surface area contributed by atoms with Gasteiger partial charge in [0.1, 0.15) is 0 Å². The van der Waals surface area contributed by atoms with Gasteiger partial charge in [0.2, 0.25) is 69.7 Å². The second-order valence-corrected chi connectivity index (χ2v) is 6.34. The first kappa shape index (κ1) is 25.9. The summed E-state index contributed by atoms with van der Waals surface area (Å²) in [5.41, 5.74) is 0. The molecule has 0 spiro atoms. The summed E-state index contributed by atoms with van der Waals surface area (Å²) in [6.07, 6.45) is -0.426. The van der Waals surface area contributed by atoms with Gasteiger partial charge in [-0.2, -0.15) is 17.6 Å². The molecule has 0 bridgehead atoms. The Morgan fingerprint density at radius 2 is 0.848 bits per heavy atom. The van der Waals surface area contributed by atoms with E-state index in [9.17, 15) is 53.5 Å². The number of unbranched alkanes of at least 4 members (excludes halogenated alkanes) is 1. The maximum absolute atomic E-state index is 13.7. The van der Waals surface area contributed by atoms with E-state index >= 15 is 0 Å². The van der Waals surface area contributed by atoms with Crippen LogP contribution in [0.5, 0.6) is 11.5 Å². The van der Waals surface area contributed by atoms with Crippen LogP contribution in [-0.2, 0) is 9.59 Å².